The SMILES string of the molecule is CCCCCNc1cc(C(C)(C)C)nc2c(-c3ccccc3Cl)cnn12. The second kappa shape index (κ2) is 7.67. The Hall–Kier alpha value is -2.07. The van der Waals surface area contributed by atoms with Crippen molar-refractivity contribution in [3.05, 3.63) is 47.2 Å². The second-order valence-electron chi connectivity index (χ2n) is 7.68. The van der Waals surface area contributed by atoms with E-state index in [9.17, 15) is 0 Å². The lowest BCUT2D eigenvalue weighted by molar-refractivity contribution is 0.568. The zero-order valence-corrected chi connectivity index (χ0v) is 16.8. The molecule has 3 aromatic rings. The first-order chi connectivity index (χ1) is 12.4. The summed E-state index contributed by atoms with van der Waals surface area (Å²) in [6.07, 6.45) is 5.42. The van der Waals surface area contributed by atoms with E-state index in [0.717, 1.165) is 41.3 Å². The summed E-state index contributed by atoms with van der Waals surface area (Å²) in [5, 5.41) is 8.84. The molecule has 2 heterocycles. The Morgan fingerprint density at radius 1 is 1.12 bits per heavy atom. The summed E-state index contributed by atoms with van der Waals surface area (Å²) in [5.74, 6) is 0.981. The predicted molar refractivity (Wildman–Crippen MR) is 110 cm³/mol. The molecule has 0 radical (unpaired) electrons. The highest BCUT2D eigenvalue weighted by atomic mass is 35.5. The molecule has 0 atom stereocenters. The third-order valence-electron chi connectivity index (χ3n) is 4.49. The molecule has 1 N–H and O–H groups in total. The fourth-order valence-corrected chi connectivity index (χ4v) is 3.17. The molecule has 0 saturated heterocycles. The first-order valence-electron chi connectivity index (χ1n) is 9.30. The second-order valence-corrected chi connectivity index (χ2v) is 8.09. The van der Waals surface area contributed by atoms with Gasteiger partial charge in [0.1, 0.15) is 5.82 Å². The van der Waals surface area contributed by atoms with Crippen molar-refractivity contribution < 1.29 is 0 Å². The number of unbranched alkanes of at least 4 members (excludes halogenated alkanes) is 2. The number of fused-ring (bicyclic) bond motifs is 1. The summed E-state index contributed by atoms with van der Waals surface area (Å²) in [6, 6.07) is 9.95. The van der Waals surface area contributed by atoms with Crippen LogP contribution in [0.3, 0.4) is 0 Å². The van der Waals surface area contributed by atoms with Crippen molar-refractivity contribution in [1.82, 2.24) is 14.6 Å². The summed E-state index contributed by atoms with van der Waals surface area (Å²) in [5.41, 5.74) is 3.74. The van der Waals surface area contributed by atoms with E-state index in [1.165, 1.54) is 12.8 Å². The molecule has 0 aliphatic carbocycles. The van der Waals surface area contributed by atoms with Gasteiger partial charge in [0.15, 0.2) is 5.65 Å². The Morgan fingerprint density at radius 2 is 1.88 bits per heavy atom. The van der Waals surface area contributed by atoms with Crippen LogP contribution < -0.4 is 5.32 Å². The summed E-state index contributed by atoms with van der Waals surface area (Å²) < 4.78 is 1.89. The Bertz CT molecular complexity index is 893. The Kier molecular flexibility index (Phi) is 5.52. The van der Waals surface area contributed by atoms with Crippen molar-refractivity contribution in [1.29, 1.82) is 0 Å². The van der Waals surface area contributed by atoms with Gasteiger partial charge in [0, 0.05) is 34.2 Å². The highest BCUT2D eigenvalue weighted by Gasteiger charge is 2.21. The number of nitrogens with one attached hydrogen (secondary N) is 1. The van der Waals surface area contributed by atoms with Crippen molar-refractivity contribution in [2.45, 2.75) is 52.4 Å². The maximum Gasteiger partial charge on any atom is 0.165 e. The van der Waals surface area contributed by atoms with E-state index >= 15 is 0 Å². The van der Waals surface area contributed by atoms with E-state index < -0.39 is 0 Å². The molecule has 0 fully saturated rings. The summed E-state index contributed by atoms with van der Waals surface area (Å²) in [7, 11) is 0. The molecule has 0 amide bonds. The maximum absolute atomic E-state index is 6.42. The van der Waals surface area contributed by atoms with Gasteiger partial charge in [0.25, 0.3) is 0 Å². The zero-order chi connectivity index (χ0) is 18.7. The summed E-state index contributed by atoms with van der Waals surface area (Å²) in [4.78, 5) is 4.93. The first kappa shape index (κ1) is 18.7. The standard InChI is InChI=1S/C21H27ClN4/c1-5-6-9-12-23-19-13-18(21(2,3)4)25-20-16(14-24-26(19)20)15-10-7-8-11-17(15)22/h7-8,10-11,13-14,23H,5-6,9,12H2,1-4H3. The quantitative estimate of drug-likeness (QED) is 0.545. The van der Waals surface area contributed by atoms with Gasteiger partial charge in [-0.2, -0.15) is 9.61 Å². The van der Waals surface area contributed by atoms with E-state index in [-0.39, 0.29) is 5.41 Å². The van der Waals surface area contributed by atoms with Crippen LogP contribution in [0.4, 0.5) is 5.82 Å². The largest absolute Gasteiger partial charge is 0.370 e. The van der Waals surface area contributed by atoms with E-state index in [2.05, 4.69) is 44.2 Å². The number of rotatable bonds is 6. The van der Waals surface area contributed by atoms with E-state index in [0.29, 0.717) is 5.02 Å². The Labute approximate surface area is 160 Å². The van der Waals surface area contributed by atoms with Crippen molar-refractivity contribution in [3.63, 3.8) is 0 Å². The molecule has 0 aliphatic rings. The predicted octanol–water partition coefficient (Wildman–Crippen LogP) is 5.95. The number of anilines is 1. The van der Waals surface area contributed by atoms with Gasteiger partial charge in [-0.25, -0.2) is 4.98 Å². The molecular weight excluding hydrogens is 344 g/mol. The maximum atomic E-state index is 6.42. The highest BCUT2D eigenvalue weighted by molar-refractivity contribution is 6.33. The van der Waals surface area contributed by atoms with Crippen molar-refractivity contribution >= 4 is 23.1 Å². The lowest BCUT2D eigenvalue weighted by Crippen LogP contribution is -2.17. The van der Waals surface area contributed by atoms with Crippen LogP contribution in [-0.4, -0.2) is 21.1 Å². The number of hydrogen-bond acceptors (Lipinski definition) is 3. The first-order valence-corrected chi connectivity index (χ1v) is 9.67. The third-order valence-corrected chi connectivity index (χ3v) is 4.82. The lowest BCUT2D eigenvalue weighted by Gasteiger charge is -2.20. The summed E-state index contributed by atoms with van der Waals surface area (Å²) >= 11 is 6.42. The van der Waals surface area contributed by atoms with Crippen LogP contribution in [0.5, 0.6) is 0 Å². The zero-order valence-electron chi connectivity index (χ0n) is 16.0. The molecule has 0 bridgehead atoms. The van der Waals surface area contributed by atoms with Gasteiger partial charge < -0.3 is 5.32 Å². The minimum atomic E-state index is -0.0520. The molecule has 0 unspecified atom stereocenters. The van der Waals surface area contributed by atoms with Crippen LogP contribution in [0.15, 0.2) is 36.5 Å². The van der Waals surface area contributed by atoms with E-state index in [4.69, 9.17) is 16.6 Å². The number of benzene rings is 1. The van der Waals surface area contributed by atoms with Gasteiger partial charge in [-0.1, -0.05) is 70.3 Å². The highest BCUT2D eigenvalue weighted by Crippen LogP contribution is 2.33. The minimum Gasteiger partial charge on any atom is -0.370 e. The van der Waals surface area contributed by atoms with Gasteiger partial charge in [-0.3, -0.25) is 0 Å². The molecule has 1 aromatic carbocycles. The fourth-order valence-electron chi connectivity index (χ4n) is 2.93. The van der Waals surface area contributed by atoms with Gasteiger partial charge in [-0.05, 0) is 12.5 Å². The molecular formula is C21H27ClN4. The van der Waals surface area contributed by atoms with Crippen molar-refractivity contribution in [2.24, 2.45) is 0 Å². The third kappa shape index (κ3) is 3.85. The van der Waals surface area contributed by atoms with Crippen LogP contribution in [0.2, 0.25) is 5.02 Å². The van der Waals surface area contributed by atoms with Crippen LogP contribution >= 0.6 is 11.6 Å². The molecule has 3 rings (SSSR count). The van der Waals surface area contributed by atoms with E-state index in [1.54, 1.807) is 0 Å². The van der Waals surface area contributed by atoms with Crippen molar-refractivity contribution in [2.75, 3.05) is 11.9 Å². The monoisotopic (exact) mass is 370 g/mol. The average molecular weight is 371 g/mol. The van der Waals surface area contributed by atoms with Gasteiger partial charge in [0.05, 0.1) is 11.9 Å². The van der Waals surface area contributed by atoms with Crippen LogP contribution in [0.1, 0.15) is 52.7 Å². The molecule has 5 heteroatoms. The van der Waals surface area contributed by atoms with E-state index in [1.807, 2.05) is 35.0 Å². The average Bonchev–Trinajstić information content (AvgIpc) is 3.02. The molecule has 2 aromatic heterocycles. The molecule has 4 nitrogen and oxygen atoms in total. The van der Waals surface area contributed by atoms with Crippen molar-refractivity contribution in [3.8, 4) is 11.1 Å². The van der Waals surface area contributed by atoms with Crippen LogP contribution in [0.25, 0.3) is 16.8 Å². The number of hydrogen-bond donors (Lipinski definition) is 1. The van der Waals surface area contributed by atoms with Gasteiger partial charge in [-0.15, -0.1) is 0 Å². The van der Waals surface area contributed by atoms with Gasteiger partial charge >= 0.3 is 0 Å². The van der Waals surface area contributed by atoms with Crippen LogP contribution in [-0.2, 0) is 5.41 Å². The van der Waals surface area contributed by atoms with Crippen LogP contribution in [0, 0.1) is 0 Å². The fraction of sp³-hybridized carbons (Fsp3) is 0.429. The lowest BCUT2D eigenvalue weighted by atomic mass is 9.92. The van der Waals surface area contributed by atoms with Gasteiger partial charge in [0.2, 0.25) is 0 Å². The normalized spacial score (nSPS) is 11.9. The topological polar surface area (TPSA) is 42.2 Å². The Balaban J connectivity index is 2.11. The molecule has 0 saturated carbocycles. The minimum absolute atomic E-state index is 0.0520. The number of aromatic nitrogens is 3. The summed E-state index contributed by atoms with van der Waals surface area (Å²) in [6.45, 7) is 9.68. The molecule has 26 heavy (non-hydrogen) atoms. The molecule has 0 spiro atoms. The molecule has 138 valence electrons. The smallest absolute Gasteiger partial charge is 0.165 e. The number of nitrogens with zero attached hydrogens (tertiary/aromatic N) is 3. The Morgan fingerprint density at radius 3 is 2.58 bits per heavy atom. The number of halogens is 1. The molecule has 0 aliphatic heterocycles.